The summed E-state index contributed by atoms with van der Waals surface area (Å²) in [6.07, 6.45) is 3.04. The summed E-state index contributed by atoms with van der Waals surface area (Å²) in [4.78, 5) is 2.35. The predicted molar refractivity (Wildman–Crippen MR) is 70.3 cm³/mol. The van der Waals surface area contributed by atoms with Crippen LogP contribution in [0.5, 0.6) is 0 Å². The topological polar surface area (TPSA) is 75.4 Å². The Morgan fingerprint density at radius 1 is 1.41 bits per heavy atom. The fourth-order valence-electron chi connectivity index (χ4n) is 2.30. The van der Waals surface area contributed by atoms with Gasteiger partial charge in [-0.05, 0) is 58.8 Å². The largest absolute Gasteiger partial charge is 0.314 e. The van der Waals surface area contributed by atoms with Crippen molar-refractivity contribution in [3.8, 4) is 0 Å². The van der Waals surface area contributed by atoms with Crippen LogP contribution in [0.25, 0.3) is 0 Å². The highest BCUT2D eigenvalue weighted by molar-refractivity contribution is 7.89. The van der Waals surface area contributed by atoms with Crippen LogP contribution in [-0.2, 0) is 10.0 Å². The summed E-state index contributed by atoms with van der Waals surface area (Å²) in [6.45, 7) is 5.23. The molecule has 1 heterocycles. The van der Waals surface area contributed by atoms with Gasteiger partial charge in [0.05, 0.1) is 5.75 Å². The van der Waals surface area contributed by atoms with Crippen molar-refractivity contribution >= 4 is 10.0 Å². The molecule has 1 saturated heterocycles. The van der Waals surface area contributed by atoms with Gasteiger partial charge in [0.2, 0.25) is 10.0 Å². The van der Waals surface area contributed by atoms with Crippen molar-refractivity contribution in [3.05, 3.63) is 0 Å². The van der Waals surface area contributed by atoms with E-state index in [1.807, 2.05) is 0 Å². The van der Waals surface area contributed by atoms with E-state index in [-0.39, 0.29) is 5.75 Å². The molecule has 1 fully saturated rings. The number of nitrogens with two attached hydrogens (primary N) is 1. The number of nitrogens with one attached hydrogen (secondary N) is 1. The van der Waals surface area contributed by atoms with Crippen molar-refractivity contribution in [1.82, 2.24) is 10.2 Å². The molecule has 0 aliphatic carbocycles. The Labute approximate surface area is 105 Å². The molecule has 1 aliphatic rings. The third-order valence-electron chi connectivity index (χ3n) is 3.54. The van der Waals surface area contributed by atoms with E-state index in [4.69, 9.17) is 5.14 Å². The van der Waals surface area contributed by atoms with E-state index in [1.165, 1.54) is 12.8 Å². The zero-order valence-corrected chi connectivity index (χ0v) is 11.7. The van der Waals surface area contributed by atoms with Crippen molar-refractivity contribution in [2.24, 2.45) is 11.1 Å². The van der Waals surface area contributed by atoms with Gasteiger partial charge in [0.15, 0.2) is 0 Å². The summed E-state index contributed by atoms with van der Waals surface area (Å²) >= 11 is 0. The summed E-state index contributed by atoms with van der Waals surface area (Å²) in [5, 5.41) is 8.35. The van der Waals surface area contributed by atoms with E-state index < -0.39 is 10.0 Å². The average Bonchev–Trinajstić information content (AvgIpc) is 2.24. The molecule has 0 aromatic rings. The van der Waals surface area contributed by atoms with Crippen LogP contribution in [0.4, 0.5) is 0 Å². The van der Waals surface area contributed by atoms with Crippen LogP contribution >= 0.6 is 0 Å². The number of sulfonamides is 1. The first-order valence-electron chi connectivity index (χ1n) is 6.31. The Balaban J connectivity index is 2.14. The second-order valence-corrected chi connectivity index (χ2v) is 6.84. The first kappa shape index (κ1) is 14.9. The number of hydrogen-bond acceptors (Lipinski definition) is 4. The summed E-state index contributed by atoms with van der Waals surface area (Å²) < 4.78 is 21.5. The zero-order valence-electron chi connectivity index (χ0n) is 10.9. The number of nitrogens with zero attached hydrogens (tertiary/aromatic N) is 1. The van der Waals surface area contributed by atoms with Crippen LogP contribution < -0.4 is 10.5 Å². The first-order valence-corrected chi connectivity index (χ1v) is 8.02. The first-order chi connectivity index (χ1) is 7.88. The number of likely N-dealkylation sites (tertiary alicyclic amines) is 1. The van der Waals surface area contributed by atoms with Gasteiger partial charge in [0.25, 0.3) is 0 Å². The molecule has 0 bridgehead atoms. The highest BCUT2D eigenvalue weighted by atomic mass is 32.2. The summed E-state index contributed by atoms with van der Waals surface area (Å²) in [5.74, 6) is 0.779. The lowest BCUT2D eigenvalue weighted by atomic mass is 9.90. The smallest absolute Gasteiger partial charge is 0.209 e. The van der Waals surface area contributed by atoms with Crippen molar-refractivity contribution in [3.63, 3.8) is 0 Å². The van der Waals surface area contributed by atoms with Crippen molar-refractivity contribution in [2.45, 2.75) is 32.2 Å². The van der Waals surface area contributed by atoms with E-state index >= 15 is 0 Å². The lowest BCUT2D eigenvalue weighted by molar-refractivity contribution is 0.190. The SMILES string of the molecule is CC(NCCCS(N)(=O)=O)C1CCN(C)CC1. The van der Waals surface area contributed by atoms with Gasteiger partial charge in [-0.1, -0.05) is 0 Å². The average molecular weight is 263 g/mol. The zero-order chi connectivity index (χ0) is 12.9. The molecule has 1 unspecified atom stereocenters. The number of piperidine rings is 1. The molecule has 0 amide bonds. The Morgan fingerprint density at radius 3 is 2.53 bits per heavy atom. The summed E-state index contributed by atoms with van der Waals surface area (Å²) in [5.41, 5.74) is 0. The summed E-state index contributed by atoms with van der Waals surface area (Å²) in [6, 6.07) is 0.462. The molecule has 0 aromatic heterocycles. The molecular weight excluding hydrogens is 238 g/mol. The molecule has 102 valence electrons. The maximum atomic E-state index is 10.8. The van der Waals surface area contributed by atoms with Gasteiger partial charge < -0.3 is 10.2 Å². The van der Waals surface area contributed by atoms with E-state index in [9.17, 15) is 8.42 Å². The van der Waals surface area contributed by atoms with Crippen molar-refractivity contribution < 1.29 is 8.42 Å². The fourth-order valence-corrected chi connectivity index (χ4v) is 2.85. The van der Waals surface area contributed by atoms with Gasteiger partial charge >= 0.3 is 0 Å². The van der Waals surface area contributed by atoms with Gasteiger partial charge in [-0.2, -0.15) is 0 Å². The van der Waals surface area contributed by atoms with Crippen LogP contribution in [-0.4, -0.2) is 51.8 Å². The molecular formula is C11H25N3O2S. The molecule has 0 aromatic carbocycles. The van der Waals surface area contributed by atoms with E-state index in [0.717, 1.165) is 19.6 Å². The van der Waals surface area contributed by atoms with Gasteiger partial charge in [-0.25, -0.2) is 13.6 Å². The molecule has 1 aliphatic heterocycles. The second-order valence-electron chi connectivity index (χ2n) is 5.10. The number of rotatable bonds is 6. The molecule has 5 nitrogen and oxygen atoms in total. The number of primary sulfonamides is 1. The minimum Gasteiger partial charge on any atom is -0.314 e. The standard InChI is InChI=1S/C11H25N3O2S/c1-10(11-4-7-14(2)8-5-11)13-6-3-9-17(12,15)16/h10-11,13H,3-9H2,1-2H3,(H2,12,15,16). The third-order valence-corrected chi connectivity index (χ3v) is 4.40. The maximum absolute atomic E-state index is 10.8. The Bertz CT molecular complexity index is 311. The highest BCUT2D eigenvalue weighted by Crippen LogP contribution is 2.19. The van der Waals surface area contributed by atoms with E-state index in [1.54, 1.807) is 0 Å². The van der Waals surface area contributed by atoms with Crippen LogP contribution in [0.3, 0.4) is 0 Å². The normalized spacial score (nSPS) is 21.6. The monoisotopic (exact) mass is 263 g/mol. The molecule has 1 rings (SSSR count). The number of hydrogen-bond donors (Lipinski definition) is 2. The van der Waals surface area contributed by atoms with Crippen molar-refractivity contribution in [2.75, 3.05) is 32.4 Å². The predicted octanol–water partition coefficient (Wildman–Crippen LogP) is -0.0151. The quantitative estimate of drug-likeness (QED) is 0.661. The van der Waals surface area contributed by atoms with Crippen molar-refractivity contribution in [1.29, 1.82) is 0 Å². The highest BCUT2D eigenvalue weighted by Gasteiger charge is 2.21. The maximum Gasteiger partial charge on any atom is 0.209 e. The van der Waals surface area contributed by atoms with Gasteiger partial charge in [0, 0.05) is 6.04 Å². The molecule has 3 N–H and O–H groups in total. The van der Waals surface area contributed by atoms with Gasteiger partial charge in [-0.3, -0.25) is 0 Å². The van der Waals surface area contributed by atoms with Gasteiger partial charge in [0.1, 0.15) is 0 Å². The minimum absolute atomic E-state index is 0.0696. The Hall–Kier alpha value is -0.170. The minimum atomic E-state index is -3.30. The molecule has 0 saturated carbocycles. The lowest BCUT2D eigenvalue weighted by Gasteiger charge is -2.33. The third kappa shape index (κ3) is 6.35. The molecule has 6 heteroatoms. The molecule has 17 heavy (non-hydrogen) atoms. The summed E-state index contributed by atoms with van der Waals surface area (Å²) in [7, 11) is -1.15. The van der Waals surface area contributed by atoms with Crippen LogP contribution in [0.15, 0.2) is 0 Å². The van der Waals surface area contributed by atoms with E-state index in [0.29, 0.717) is 18.4 Å². The van der Waals surface area contributed by atoms with Crippen LogP contribution in [0.2, 0.25) is 0 Å². The molecule has 0 spiro atoms. The van der Waals surface area contributed by atoms with Gasteiger partial charge in [-0.15, -0.1) is 0 Å². The molecule has 1 atom stereocenters. The second kappa shape index (κ2) is 6.68. The molecule has 0 radical (unpaired) electrons. The Kier molecular flexibility index (Phi) is 5.85. The van der Waals surface area contributed by atoms with E-state index in [2.05, 4.69) is 24.2 Å². The fraction of sp³-hybridized carbons (Fsp3) is 1.00. The lowest BCUT2D eigenvalue weighted by Crippen LogP contribution is -2.41. The van der Waals surface area contributed by atoms with Crippen LogP contribution in [0.1, 0.15) is 26.2 Å². The Morgan fingerprint density at radius 2 is 2.00 bits per heavy atom. The van der Waals surface area contributed by atoms with Crippen LogP contribution in [0, 0.1) is 5.92 Å².